The Morgan fingerprint density at radius 2 is 1.91 bits per heavy atom. The quantitative estimate of drug-likeness (QED) is 0.723. The second-order valence-electron chi connectivity index (χ2n) is 8.57. The zero-order valence-electron chi connectivity index (χ0n) is 17.7. The van der Waals surface area contributed by atoms with E-state index in [0.717, 1.165) is 37.3 Å². The molecule has 1 unspecified atom stereocenters. The molecular weight excluding hydrogens is 432 g/mol. The molecule has 0 radical (unpaired) electrons. The molecule has 2 aromatic rings. The maximum Gasteiger partial charge on any atom is 0.319 e. The number of halogens is 2. The van der Waals surface area contributed by atoms with Crippen molar-refractivity contribution in [3.8, 4) is 0 Å². The van der Waals surface area contributed by atoms with Crippen LogP contribution in [0.25, 0.3) is 0 Å². The van der Waals surface area contributed by atoms with Gasteiger partial charge in [0.05, 0.1) is 12.2 Å². The largest absolute Gasteiger partial charge is 0.335 e. The Balaban J connectivity index is 1.48. The van der Waals surface area contributed by atoms with Crippen LogP contribution in [0, 0.1) is 11.6 Å². The summed E-state index contributed by atoms with van der Waals surface area (Å²) in [7, 11) is 0. The van der Waals surface area contributed by atoms with E-state index in [-0.39, 0.29) is 30.1 Å². The highest BCUT2D eigenvalue weighted by Gasteiger charge is 2.59. The van der Waals surface area contributed by atoms with Crippen molar-refractivity contribution in [2.75, 3.05) is 17.2 Å². The van der Waals surface area contributed by atoms with Crippen molar-refractivity contribution in [2.45, 2.75) is 49.6 Å². The lowest BCUT2D eigenvalue weighted by Crippen LogP contribution is -2.55. The van der Waals surface area contributed by atoms with Crippen LogP contribution in [0.15, 0.2) is 42.5 Å². The summed E-state index contributed by atoms with van der Waals surface area (Å²) in [6.45, 7) is 0.435. The highest BCUT2D eigenvalue weighted by Crippen LogP contribution is 2.54. The molecule has 2 aliphatic heterocycles. The Morgan fingerprint density at radius 3 is 2.69 bits per heavy atom. The van der Waals surface area contributed by atoms with E-state index < -0.39 is 16.5 Å². The van der Waals surface area contributed by atoms with E-state index in [4.69, 9.17) is 0 Å². The van der Waals surface area contributed by atoms with Gasteiger partial charge in [0.2, 0.25) is 0 Å². The molecule has 0 bridgehead atoms. The average Bonchev–Trinajstić information content (AvgIpc) is 3.33. The number of hydrogen-bond donors (Lipinski definition) is 1. The number of nitrogens with one attached hydrogen (secondary N) is 1. The second kappa shape index (κ2) is 8.39. The van der Waals surface area contributed by atoms with E-state index in [1.807, 2.05) is 24.3 Å². The second-order valence-corrected chi connectivity index (χ2v) is 9.86. The molecule has 8 heteroatoms. The van der Waals surface area contributed by atoms with Crippen molar-refractivity contribution >= 4 is 29.4 Å². The molecule has 1 aliphatic carbocycles. The number of rotatable bonds is 3. The summed E-state index contributed by atoms with van der Waals surface area (Å²) >= 11 is 1.44. The van der Waals surface area contributed by atoms with Crippen LogP contribution in [0.5, 0.6) is 0 Å². The Kier molecular flexibility index (Phi) is 5.57. The summed E-state index contributed by atoms with van der Waals surface area (Å²) in [5.74, 6) is -0.976. The summed E-state index contributed by atoms with van der Waals surface area (Å²) in [5.41, 5.74) is 1.63. The molecule has 1 atom stereocenters. The number of urea groups is 1. The highest BCUT2D eigenvalue weighted by atomic mass is 32.2. The SMILES string of the molecule is O=C(NC1CCCCC1)N1CCSC12C(=O)N(Cc1ccc(F)cc1F)c1ccccc12. The third kappa shape index (κ3) is 3.45. The number of para-hydroxylation sites is 1. The molecule has 2 heterocycles. The lowest BCUT2D eigenvalue weighted by molar-refractivity contribution is -0.123. The Morgan fingerprint density at radius 1 is 1.12 bits per heavy atom. The molecule has 168 valence electrons. The van der Waals surface area contributed by atoms with Gasteiger partial charge in [0, 0.05) is 35.5 Å². The van der Waals surface area contributed by atoms with Crippen molar-refractivity contribution in [2.24, 2.45) is 0 Å². The molecule has 32 heavy (non-hydrogen) atoms. The normalized spacial score (nSPS) is 23.1. The van der Waals surface area contributed by atoms with Gasteiger partial charge in [-0.05, 0) is 25.0 Å². The maximum atomic E-state index is 14.4. The Bertz CT molecular complexity index is 1060. The molecule has 2 aromatic carbocycles. The fourth-order valence-electron chi connectivity index (χ4n) is 5.04. The van der Waals surface area contributed by atoms with Gasteiger partial charge in [-0.1, -0.05) is 43.5 Å². The van der Waals surface area contributed by atoms with Crippen LogP contribution in [0.4, 0.5) is 19.3 Å². The van der Waals surface area contributed by atoms with Crippen LogP contribution in [-0.2, 0) is 16.2 Å². The minimum absolute atomic E-state index is 0.0254. The molecule has 2 fully saturated rings. The number of carbonyl (C=O) groups excluding carboxylic acids is 2. The van der Waals surface area contributed by atoms with Crippen molar-refractivity contribution in [3.63, 3.8) is 0 Å². The van der Waals surface area contributed by atoms with Crippen molar-refractivity contribution in [1.29, 1.82) is 0 Å². The van der Waals surface area contributed by atoms with E-state index >= 15 is 0 Å². The summed E-state index contributed by atoms with van der Waals surface area (Å²) in [6.07, 6.45) is 5.31. The molecular formula is C24H25F2N3O2S. The molecule has 1 N–H and O–H groups in total. The average molecular weight is 458 g/mol. The monoisotopic (exact) mass is 457 g/mol. The molecule has 1 saturated heterocycles. The summed E-state index contributed by atoms with van der Waals surface area (Å²) in [4.78, 5) is 29.2. The van der Waals surface area contributed by atoms with Crippen molar-refractivity contribution in [3.05, 3.63) is 65.2 Å². The van der Waals surface area contributed by atoms with Gasteiger partial charge < -0.3 is 10.2 Å². The first kappa shape index (κ1) is 21.2. The fourth-order valence-corrected chi connectivity index (χ4v) is 6.51. The minimum atomic E-state index is -1.16. The zero-order valence-corrected chi connectivity index (χ0v) is 18.5. The number of hydrogen-bond acceptors (Lipinski definition) is 3. The molecule has 5 rings (SSSR count). The lowest BCUT2D eigenvalue weighted by atomic mass is 9.95. The van der Waals surface area contributed by atoms with Gasteiger partial charge in [0.25, 0.3) is 5.91 Å². The van der Waals surface area contributed by atoms with E-state index in [9.17, 15) is 18.4 Å². The lowest BCUT2D eigenvalue weighted by Gasteiger charge is -2.35. The zero-order chi connectivity index (χ0) is 22.3. The Labute approximate surface area is 190 Å². The number of amides is 3. The fraction of sp³-hybridized carbons (Fsp3) is 0.417. The first-order valence-corrected chi connectivity index (χ1v) is 12.1. The number of fused-ring (bicyclic) bond motifs is 2. The molecule has 1 saturated carbocycles. The predicted molar refractivity (Wildman–Crippen MR) is 120 cm³/mol. The molecule has 3 aliphatic rings. The maximum absolute atomic E-state index is 14.4. The number of thioether (sulfide) groups is 1. The van der Waals surface area contributed by atoms with E-state index in [1.54, 1.807) is 4.90 Å². The van der Waals surface area contributed by atoms with Crippen LogP contribution < -0.4 is 10.2 Å². The van der Waals surface area contributed by atoms with Gasteiger partial charge in [-0.2, -0.15) is 0 Å². The Hall–Kier alpha value is -2.61. The van der Waals surface area contributed by atoms with Gasteiger partial charge in [-0.3, -0.25) is 9.69 Å². The van der Waals surface area contributed by atoms with Gasteiger partial charge in [-0.15, -0.1) is 11.8 Å². The van der Waals surface area contributed by atoms with E-state index in [2.05, 4.69) is 5.32 Å². The minimum Gasteiger partial charge on any atom is -0.335 e. The van der Waals surface area contributed by atoms with Crippen LogP contribution in [0.3, 0.4) is 0 Å². The summed E-state index contributed by atoms with van der Waals surface area (Å²) in [6, 6.07) is 10.7. The third-order valence-corrected chi connectivity index (χ3v) is 8.04. The number of anilines is 1. The van der Waals surface area contributed by atoms with Gasteiger partial charge >= 0.3 is 6.03 Å². The van der Waals surface area contributed by atoms with Gasteiger partial charge in [0.1, 0.15) is 11.6 Å². The van der Waals surface area contributed by atoms with Gasteiger partial charge in [-0.25, -0.2) is 13.6 Å². The molecule has 0 aromatic heterocycles. The summed E-state index contributed by atoms with van der Waals surface area (Å²) < 4.78 is 27.8. The van der Waals surface area contributed by atoms with Crippen LogP contribution >= 0.6 is 11.8 Å². The number of benzene rings is 2. The van der Waals surface area contributed by atoms with E-state index in [0.29, 0.717) is 18.0 Å². The van der Waals surface area contributed by atoms with Crippen LogP contribution in [0.1, 0.15) is 43.2 Å². The standard InChI is InChI=1S/C24H25F2N3O2S/c25-17-11-10-16(20(26)14-17)15-28-21-9-5-4-8-19(21)24(22(28)30)29(12-13-32-24)23(31)27-18-6-2-1-3-7-18/h4-5,8-11,14,18H,1-3,6-7,12-13,15H2,(H,27,31). The van der Waals surface area contributed by atoms with Crippen LogP contribution in [0.2, 0.25) is 0 Å². The first-order chi connectivity index (χ1) is 15.5. The van der Waals surface area contributed by atoms with Crippen molar-refractivity contribution in [1.82, 2.24) is 10.2 Å². The van der Waals surface area contributed by atoms with Crippen LogP contribution in [-0.4, -0.2) is 35.2 Å². The van der Waals surface area contributed by atoms with Crippen molar-refractivity contribution < 1.29 is 18.4 Å². The third-order valence-electron chi connectivity index (χ3n) is 6.62. The molecule has 3 amide bonds. The number of carbonyl (C=O) groups is 2. The molecule has 1 spiro atoms. The van der Waals surface area contributed by atoms with Gasteiger partial charge in [0.15, 0.2) is 4.87 Å². The summed E-state index contributed by atoms with van der Waals surface area (Å²) in [5, 5.41) is 3.14. The first-order valence-electron chi connectivity index (χ1n) is 11.1. The highest BCUT2D eigenvalue weighted by molar-refractivity contribution is 8.01. The number of nitrogens with zero attached hydrogens (tertiary/aromatic N) is 2. The smallest absolute Gasteiger partial charge is 0.319 e. The van der Waals surface area contributed by atoms with E-state index in [1.165, 1.54) is 35.2 Å². The topological polar surface area (TPSA) is 52.7 Å². The molecule has 5 nitrogen and oxygen atoms in total. The predicted octanol–water partition coefficient (Wildman–Crippen LogP) is 4.76.